The van der Waals surface area contributed by atoms with Crippen molar-refractivity contribution in [3.63, 3.8) is 0 Å². The third-order valence-electron chi connectivity index (χ3n) is 10.2. The molecule has 0 aromatic carbocycles. The molecule has 0 amide bonds. The molecule has 0 heterocycles. The fourth-order valence-electron chi connectivity index (χ4n) is 6.70. The van der Waals surface area contributed by atoms with Gasteiger partial charge in [0.05, 0.1) is 13.2 Å². The lowest BCUT2D eigenvalue weighted by atomic mass is 10.0. The first-order valence-electron chi connectivity index (χ1n) is 23.8. The van der Waals surface area contributed by atoms with Crippen LogP contribution in [0.1, 0.15) is 233 Å². The molecule has 0 aliphatic rings. The summed E-state index contributed by atoms with van der Waals surface area (Å²) in [5, 5.41) is 0. The second-order valence-electron chi connectivity index (χ2n) is 15.8. The van der Waals surface area contributed by atoms with E-state index in [1.165, 1.54) is 135 Å². The highest BCUT2D eigenvalue weighted by atomic mass is 31.2. The second-order valence-corrected chi connectivity index (χ2v) is 17.2. The number of ether oxygens (including phenoxy) is 2. The highest BCUT2D eigenvalue weighted by Crippen LogP contribution is 2.43. The lowest BCUT2D eigenvalue weighted by molar-refractivity contribution is -0.161. The van der Waals surface area contributed by atoms with Crippen LogP contribution in [0.5, 0.6) is 0 Å². The summed E-state index contributed by atoms with van der Waals surface area (Å²) < 4.78 is 32.7. The molecular formula is C48H89O8P. The van der Waals surface area contributed by atoms with Crippen molar-refractivity contribution in [2.24, 2.45) is 0 Å². The molecule has 334 valence electrons. The van der Waals surface area contributed by atoms with Gasteiger partial charge in [0, 0.05) is 12.8 Å². The van der Waals surface area contributed by atoms with Crippen molar-refractivity contribution in [3.8, 4) is 0 Å². The lowest BCUT2D eigenvalue weighted by Gasteiger charge is -2.19. The van der Waals surface area contributed by atoms with Crippen molar-refractivity contribution in [2.75, 3.05) is 19.8 Å². The van der Waals surface area contributed by atoms with Gasteiger partial charge in [-0.1, -0.05) is 198 Å². The molecule has 8 nitrogen and oxygen atoms in total. The molecule has 0 saturated carbocycles. The first kappa shape index (κ1) is 55.3. The molecular weight excluding hydrogens is 735 g/mol. The zero-order valence-corrected chi connectivity index (χ0v) is 38.1. The monoisotopic (exact) mass is 825 g/mol. The van der Waals surface area contributed by atoms with Gasteiger partial charge in [0.25, 0.3) is 0 Å². The average Bonchev–Trinajstić information content (AvgIpc) is 3.19. The number of phosphoric ester groups is 1. The predicted molar refractivity (Wildman–Crippen MR) is 239 cm³/mol. The normalized spacial score (nSPS) is 13.5. The molecule has 0 radical (unpaired) electrons. The number of rotatable bonds is 44. The van der Waals surface area contributed by atoms with Crippen molar-refractivity contribution in [1.82, 2.24) is 0 Å². The van der Waals surface area contributed by atoms with Gasteiger partial charge in [-0.15, -0.1) is 0 Å². The molecule has 1 N–H and O–H groups in total. The van der Waals surface area contributed by atoms with Crippen molar-refractivity contribution in [1.29, 1.82) is 0 Å². The second kappa shape index (κ2) is 43.8. The maximum atomic E-state index is 12.6. The molecule has 2 unspecified atom stereocenters. The molecule has 2 atom stereocenters. The smallest absolute Gasteiger partial charge is 0.462 e. The molecule has 0 fully saturated rings. The Morgan fingerprint density at radius 3 is 1.30 bits per heavy atom. The van der Waals surface area contributed by atoms with Gasteiger partial charge < -0.3 is 14.4 Å². The predicted octanol–water partition coefficient (Wildman–Crippen LogP) is 15.2. The summed E-state index contributed by atoms with van der Waals surface area (Å²) in [6.07, 6.45) is 50.5. The maximum absolute atomic E-state index is 12.6. The minimum absolute atomic E-state index is 0.00150. The highest BCUT2D eigenvalue weighted by Gasteiger charge is 2.25. The van der Waals surface area contributed by atoms with Crippen LogP contribution >= 0.6 is 7.82 Å². The van der Waals surface area contributed by atoms with Crippen molar-refractivity contribution in [3.05, 3.63) is 36.5 Å². The number of esters is 2. The molecule has 0 aromatic heterocycles. The van der Waals surface area contributed by atoms with E-state index in [1.54, 1.807) is 6.92 Å². The summed E-state index contributed by atoms with van der Waals surface area (Å²) in [5.41, 5.74) is 0. The van der Waals surface area contributed by atoms with Gasteiger partial charge in [0.1, 0.15) is 6.61 Å². The van der Waals surface area contributed by atoms with Crippen LogP contribution in [0, 0.1) is 0 Å². The fourth-order valence-corrected chi connectivity index (χ4v) is 7.45. The SMILES string of the molecule is CCCCC/C=C\C/C=C\C/C=C\CCCCCCCCC(=O)OC(COC(=O)CCCCCCCCCCCCCCCCCCCC)COP(=O)(O)OCC. The lowest BCUT2D eigenvalue weighted by Crippen LogP contribution is -2.29. The summed E-state index contributed by atoms with van der Waals surface area (Å²) in [5.74, 6) is -0.803. The average molecular weight is 825 g/mol. The van der Waals surface area contributed by atoms with Crippen LogP contribution in [0.25, 0.3) is 0 Å². The Hall–Kier alpha value is -1.73. The van der Waals surface area contributed by atoms with Gasteiger partial charge in [0.2, 0.25) is 0 Å². The number of phosphoric acid groups is 1. The van der Waals surface area contributed by atoms with E-state index < -0.39 is 26.5 Å². The summed E-state index contributed by atoms with van der Waals surface area (Å²) in [4.78, 5) is 34.8. The molecule has 0 rings (SSSR count). The summed E-state index contributed by atoms with van der Waals surface area (Å²) in [6.45, 7) is 5.47. The van der Waals surface area contributed by atoms with Gasteiger partial charge in [-0.25, -0.2) is 4.57 Å². The van der Waals surface area contributed by atoms with Crippen LogP contribution in [0.4, 0.5) is 0 Å². The standard InChI is InChI=1S/C48H89O8P/c1-4-7-9-11-13-15-17-19-21-23-25-27-29-31-33-35-37-39-41-43-48(50)56-46(45-55-57(51,52)54-6-3)44-53-47(49)42-40-38-36-34-32-30-28-26-24-22-20-18-16-14-12-10-8-5-2/h13,15,19,21,25,27,46H,4-12,14,16-18,20,22-24,26,28-45H2,1-3H3,(H,51,52)/b15-13-,21-19-,27-25-. The quantitative estimate of drug-likeness (QED) is 0.0280. The Kier molecular flexibility index (Phi) is 42.5. The number of unbranched alkanes of at least 4 members (excludes halogenated alkanes) is 26. The van der Waals surface area contributed by atoms with Gasteiger partial charge in [0.15, 0.2) is 6.10 Å². The van der Waals surface area contributed by atoms with E-state index >= 15 is 0 Å². The van der Waals surface area contributed by atoms with Gasteiger partial charge in [-0.05, 0) is 58.3 Å². The van der Waals surface area contributed by atoms with Crippen LogP contribution in [-0.4, -0.2) is 42.8 Å². The Morgan fingerprint density at radius 1 is 0.474 bits per heavy atom. The number of hydrogen-bond acceptors (Lipinski definition) is 7. The van der Waals surface area contributed by atoms with E-state index in [-0.39, 0.29) is 25.6 Å². The third kappa shape index (κ3) is 43.7. The van der Waals surface area contributed by atoms with E-state index in [1.807, 2.05) is 0 Å². The number of hydrogen-bond donors (Lipinski definition) is 1. The van der Waals surface area contributed by atoms with Crippen LogP contribution in [0.3, 0.4) is 0 Å². The maximum Gasteiger partial charge on any atom is 0.472 e. The molecule has 0 saturated heterocycles. The number of allylic oxidation sites excluding steroid dienone is 6. The minimum Gasteiger partial charge on any atom is -0.462 e. The van der Waals surface area contributed by atoms with E-state index in [0.29, 0.717) is 12.8 Å². The zero-order valence-electron chi connectivity index (χ0n) is 37.2. The summed E-state index contributed by atoms with van der Waals surface area (Å²) in [6, 6.07) is 0. The summed E-state index contributed by atoms with van der Waals surface area (Å²) >= 11 is 0. The van der Waals surface area contributed by atoms with Crippen molar-refractivity contribution < 1.29 is 37.6 Å². The first-order valence-corrected chi connectivity index (χ1v) is 25.3. The highest BCUT2D eigenvalue weighted by molar-refractivity contribution is 7.47. The Bertz CT molecular complexity index is 1030. The van der Waals surface area contributed by atoms with Crippen LogP contribution < -0.4 is 0 Å². The molecule has 0 spiro atoms. The number of carbonyl (C=O) groups excluding carboxylic acids is 2. The van der Waals surface area contributed by atoms with Crippen LogP contribution in [0.2, 0.25) is 0 Å². The summed E-state index contributed by atoms with van der Waals surface area (Å²) in [7, 11) is -4.29. The Labute approximate surface area is 351 Å². The Morgan fingerprint density at radius 2 is 0.842 bits per heavy atom. The molecule has 0 bridgehead atoms. The number of carbonyl (C=O) groups is 2. The van der Waals surface area contributed by atoms with E-state index in [2.05, 4.69) is 50.3 Å². The molecule has 57 heavy (non-hydrogen) atoms. The molecule has 0 aliphatic heterocycles. The van der Waals surface area contributed by atoms with E-state index in [9.17, 15) is 19.0 Å². The van der Waals surface area contributed by atoms with Gasteiger partial charge >= 0.3 is 19.8 Å². The van der Waals surface area contributed by atoms with Gasteiger partial charge in [-0.2, -0.15) is 0 Å². The van der Waals surface area contributed by atoms with Crippen LogP contribution in [0.15, 0.2) is 36.5 Å². The zero-order chi connectivity index (χ0) is 41.8. The largest absolute Gasteiger partial charge is 0.472 e. The topological polar surface area (TPSA) is 108 Å². The molecule has 9 heteroatoms. The fraction of sp³-hybridized carbons (Fsp3) is 0.833. The Balaban J connectivity index is 4.04. The van der Waals surface area contributed by atoms with E-state index in [0.717, 1.165) is 57.8 Å². The van der Waals surface area contributed by atoms with Crippen molar-refractivity contribution >= 4 is 19.8 Å². The van der Waals surface area contributed by atoms with Crippen LogP contribution in [-0.2, 0) is 32.7 Å². The van der Waals surface area contributed by atoms with Crippen molar-refractivity contribution in [2.45, 2.75) is 239 Å². The first-order chi connectivity index (χ1) is 27.8. The third-order valence-corrected chi connectivity index (χ3v) is 11.3. The molecule has 0 aliphatic carbocycles. The van der Waals surface area contributed by atoms with E-state index in [4.69, 9.17) is 18.5 Å². The minimum atomic E-state index is -4.29. The molecule has 0 aromatic rings. The van der Waals surface area contributed by atoms with Gasteiger partial charge in [-0.3, -0.25) is 18.6 Å².